The van der Waals surface area contributed by atoms with E-state index in [1.165, 1.54) is 22.5 Å². The van der Waals surface area contributed by atoms with Crippen molar-refractivity contribution in [2.75, 3.05) is 14.1 Å². The van der Waals surface area contributed by atoms with Crippen molar-refractivity contribution in [2.45, 2.75) is 95.3 Å². The molecular weight excluding hydrogens is 619 g/mol. The molecule has 0 aromatic carbocycles. The van der Waals surface area contributed by atoms with Crippen molar-refractivity contribution < 1.29 is 41.0 Å². The number of imidazole rings is 1. The number of aromatic nitrogens is 5. The fourth-order valence-electron chi connectivity index (χ4n) is 4.88. The molecule has 2 N–H and O–H groups in total. The molecule has 17 heteroatoms. The molecule has 1 saturated heterocycles. The Balaban J connectivity index is 0.000000285. The van der Waals surface area contributed by atoms with E-state index in [1.54, 1.807) is 26.4 Å². The fourth-order valence-corrected chi connectivity index (χ4v) is 4.88. The van der Waals surface area contributed by atoms with E-state index in [-0.39, 0.29) is 49.7 Å². The highest BCUT2D eigenvalue weighted by molar-refractivity contribution is 5.93. The summed E-state index contributed by atoms with van der Waals surface area (Å²) in [6, 6.07) is -0.155. The van der Waals surface area contributed by atoms with Crippen LogP contribution in [0.4, 0.5) is 22.0 Å². The Morgan fingerprint density at radius 1 is 1.15 bits per heavy atom. The maximum atomic E-state index is 12.9. The van der Waals surface area contributed by atoms with E-state index in [2.05, 4.69) is 30.3 Å². The molecule has 4 heterocycles. The molecule has 2 atom stereocenters. The zero-order chi connectivity index (χ0) is 33.6. The molecule has 3 amide bonds. The summed E-state index contributed by atoms with van der Waals surface area (Å²) < 4.78 is 69.2. The van der Waals surface area contributed by atoms with Crippen LogP contribution in [-0.2, 0) is 22.6 Å². The minimum atomic E-state index is -4.46. The van der Waals surface area contributed by atoms with Crippen molar-refractivity contribution in [3.8, 4) is 0 Å². The number of fused-ring (bicyclic) bond motifs is 1. The van der Waals surface area contributed by atoms with Crippen molar-refractivity contribution in [3.63, 3.8) is 0 Å². The molecule has 6 rings (SSSR count). The van der Waals surface area contributed by atoms with Gasteiger partial charge >= 0.3 is 6.18 Å². The molecule has 3 aromatic heterocycles. The van der Waals surface area contributed by atoms with Gasteiger partial charge in [0.05, 0.1) is 24.6 Å². The number of hydrogen-bond acceptors (Lipinski definition) is 8. The van der Waals surface area contributed by atoms with Crippen LogP contribution in [0.2, 0.25) is 0 Å². The highest BCUT2D eigenvalue weighted by Crippen LogP contribution is 2.40. The van der Waals surface area contributed by atoms with Crippen LogP contribution >= 0.6 is 0 Å². The first-order valence-corrected chi connectivity index (χ1v) is 15.0. The van der Waals surface area contributed by atoms with E-state index >= 15 is 0 Å². The van der Waals surface area contributed by atoms with E-state index in [1.807, 2.05) is 5.32 Å². The van der Waals surface area contributed by atoms with Crippen LogP contribution in [0.5, 0.6) is 0 Å². The van der Waals surface area contributed by atoms with Crippen LogP contribution < -0.4 is 10.6 Å². The minimum Gasteiger partial charge on any atom is -0.349 e. The van der Waals surface area contributed by atoms with Crippen LogP contribution in [0, 0.1) is 5.92 Å². The maximum absolute atomic E-state index is 12.9. The number of hydrogen-bond donors (Lipinski definition) is 2. The highest BCUT2D eigenvalue weighted by atomic mass is 19.4. The monoisotopic (exact) mass is 656 g/mol. The Kier molecular flexibility index (Phi) is 10.9. The molecule has 0 bridgehead atoms. The number of nitrogens with one attached hydrogen (secondary N) is 2. The lowest BCUT2D eigenvalue weighted by molar-refractivity contribution is -0.154. The minimum absolute atomic E-state index is 0.0926. The van der Waals surface area contributed by atoms with Gasteiger partial charge in [0.2, 0.25) is 17.7 Å². The molecule has 3 fully saturated rings. The number of halogens is 5. The summed E-state index contributed by atoms with van der Waals surface area (Å²) in [7, 11) is 3.45. The Bertz CT molecular complexity index is 1510. The summed E-state index contributed by atoms with van der Waals surface area (Å²) in [5.74, 6) is -3.82. The number of carbonyl (C=O) groups is 3. The third-order valence-corrected chi connectivity index (χ3v) is 7.85. The van der Waals surface area contributed by atoms with Crippen molar-refractivity contribution >= 4 is 23.4 Å². The summed E-state index contributed by atoms with van der Waals surface area (Å²) in [4.78, 5) is 40.3. The first-order chi connectivity index (χ1) is 21.6. The predicted molar refractivity (Wildman–Crippen MR) is 153 cm³/mol. The van der Waals surface area contributed by atoms with Crippen LogP contribution in [0.1, 0.15) is 91.6 Å². The van der Waals surface area contributed by atoms with E-state index in [0.29, 0.717) is 35.4 Å². The van der Waals surface area contributed by atoms with E-state index in [9.17, 15) is 36.3 Å². The first-order valence-electron chi connectivity index (χ1n) is 15.0. The second-order valence-electron chi connectivity index (χ2n) is 11.9. The van der Waals surface area contributed by atoms with E-state index < -0.39 is 35.9 Å². The number of amides is 3. The third kappa shape index (κ3) is 9.66. The molecule has 0 spiro atoms. The van der Waals surface area contributed by atoms with Gasteiger partial charge in [0.1, 0.15) is 11.7 Å². The molecule has 2 aliphatic carbocycles. The molecule has 12 nitrogen and oxygen atoms in total. The average Bonchev–Trinajstić information content (AvgIpc) is 3.37. The van der Waals surface area contributed by atoms with E-state index in [0.717, 1.165) is 19.3 Å². The summed E-state index contributed by atoms with van der Waals surface area (Å²) >= 11 is 0. The molecule has 2 unspecified atom stereocenters. The van der Waals surface area contributed by atoms with Gasteiger partial charge in [-0.1, -0.05) is 11.6 Å². The normalized spacial score (nSPS) is 20.6. The van der Waals surface area contributed by atoms with Gasteiger partial charge in [0.25, 0.3) is 5.91 Å². The topological polar surface area (TPSA) is 148 Å². The quantitative estimate of drug-likeness (QED) is 0.375. The fraction of sp³-hybridized carbons (Fsp3) is 0.621. The van der Waals surface area contributed by atoms with Gasteiger partial charge < -0.3 is 15.5 Å². The molecule has 2 saturated carbocycles. The SMILES string of the molecule is CC(=O)N(C)C.FC1(F)CCCCC1.O=C(NCc1cn2ncc(CC3CC(C(F)(F)F)NC3=O)cc2n1)c1nonc1C1CC1. The van der Waals surface area contributed by atoms with Crippen LogP contribution in [-0.4, -0.2) is 79.8 Å². The number of rotatable bonds is 6. The zero-order valence-corrected chi connectivity index (χ0v) is 25.7. The number of alkyl halides is 5. The second-order valence-corrected chi connectivity index (χ2v) is 11.9. The third-order valence-electron chi connectivity index (χ3n) is 7.85. The van der Waals surface area contributed by atoms with Crippen molar-refractivity contribution in [1.82, 2.24) is 40.4 Å². The molecule has 3 aliphatic rings. The van der Waals surface area contributed by atoms with Crippen molar-refractivity contribution in [3.05, 3.63) is 41.1 Å². The Labute approximate surface area is 261 Å². The number of nitrogens with zero attached hydrogens (tertiary/aromatic N) is 6. The lowest BCUT2D eigenvalue weighted by Crippen LogP contribution is -2.38. The van der Waals surface area contributed by atoms with Crippen LogP contribution in [0.15, 0.2) is 23.1 Å². The van der Waals surface area contributed by atoms with Crippen LogP contribution in [0.3, 0.4) is 0 Å². The van der Waals surface area contributed by atoms with Gasteiger partial charge in [0, 0.05) is 45.7 Å². The standard InChI is InChI=1S/C19H18F3N7O3.C6H10F2.C4H9NO/c20-19(21,22)13-5-11(17(30)26-13)3-9-4-14-25-12(8-29(14)24-6-9)7-23-18(31)16-15(10-1-2-10)27-32-28-16;7-6(8)4-2-1-3-5-6;1-4(6)5(2)3/h4,6,8,10-11,13H,1-3,5,7H2,(H,23,31)(H,26,30);1-5H2;1-3H3. The van der Waals surface area contributed by atoms with Gasteiger partial charge in [-0.3, -0.25) is 14.4 Å². The Hall–Kier alpha value is -4.18. The summed E-state index contributed by atoms with van der Waals surface area (Å²) in [5.41, 5.74) is 2.32. The van der Waals surface area contributed by atoms with Gasteiger partial charge in [-0.05, 0) is 55.3 Å². The van der Waals surface area contributed by atoms with Crippen molar-refractivity contribution in [2.24, 2.45) is 5.92 Å². The number of carbonyl (C=O) groups excluding carboxylic acids is 3. The molecule has 0 radical (unpaired) electrons. The maximum Gasteiger partial charge on any atom is 0.408 e. The lowest BCUT2D eigenvalue weighted by Gasteiger charge is -2.20. The summed E-state index contributed by atoms with van der Waals surface area (Å²) in [5, 5.41) is 16.4. The predicted octanol–water partition coefficient (Wildman–Crippen LogP) is 4.21. The molecule has 3 aromatic rings. The highest BCUT2D eigenvalue weighted by Gasteiger charge is 2.47. The first kappa shape index (κ1) is 34.7. The Morgan fingerprint density at radius 3 is 2.37 bits per heavy atom. The van der Waals surface area contributed by atoms with Gasteiger partial charge in [-0.2, -0.15) is 18.3 Å². The molecule has 252 valence electrons. The average molecular weight is 657 g/mol. The van der Waals surface area contributed by atoms with E-state index in [4.69, 9.17) is 0 Å². The van der Waals surface area contributed by atoms with Gasteiger partial charge in [-0.15, -0.1) is 0 Å². The molecular formula is C29H37F5N8O4. The van der Waals surface area contributed by atoms with Crippen molar-refractivity contribution in [1.29, 1.82) is 0 Å². The second kappa shape index (κ2) is 14.5. The lowest BCUT2D eigenvalue weighted by atomic mass is 9.97. The van der Waals surface area contributed by atoms with Gasteiger partial charge in [0.15, 0.2) is 11.3 Å². The van der Waals surface area contributed by atoms with Gasteiger partial charge in [-0.25, -0.2) is 22.9 Å². The van der Waals surface area contributed by atoms with Crippen LogP contribution in [0.25, 0.3) is 5.65 Å². The molecule has 1 aliphatic heterocycles. The smallest absolute Gasteiger partial charge is 0.349 e. The zero-order valence-electron chi connectivity index (χ0n) is 25.7. The summed E-state index contributed by atoms with van der Waals surface area (Å²) in [6.45, 7) is 1.65. The largest absolute Gasteiger partial charge is 0.408 e. The molecule has 46 heavy (non-hydrogen) atoms. The summed E-state index contributed by atoms with van der Waals surface area (Å²) in [6.07, 6.45) is 3.05. The Morgan fingerprint density at radius 2 is 1.83 bits per heavy atom.